The minimum Gasteiger partial charge on any atom is -0.461 e. The van der Waals surface area contributed by atoms with Crippen molar-refractivity contribution in [2.45, 2.75) is 13.3 Å². The maximum absolute atomic E-state index is 12.4. The first kappa shape index (κ1) is 19.6. The van der Waals surface area contributed by atoms with Crippen molar-refractivity contribution in [1.29, 1.82) is 0 Å². The van der Waals surface area contributed by atoms with Crippen LogP contribution in [0.15, 0.2) is 36.4 Å². The van der Waals surface area contributed by atoms with Crippen LogP contribution in [0.1, 0.15) is 43.1 Å². The number of imide groups is 1. The van der Waals surface area contributed by atoms with E-state index in [0.717, 1.165) is 0 Å². The molecule has 1 aliphatic heterocycles. The number of amides is 2. The first-order valence-electron chi connectivity index (χ1n) is 9.12. The molecule has 11 heteroatoms. The van der Waals surface area contributed by atoms with E-state index < -0.39 is 5.97 Å². The number of anilines is 2. The Morgan fingerprint density at radius 1 is 1.03 bits per heavy atom. The molecule has 0 saturated carbocycles. The molecule has 152 valence electrons. The number of rotatable bonds is 7. The summed E-state index contributed by atoms with van der Waals surface area (Å²) in [4.78, 5) is 37.6. The van der Waals surface area contributed by atoms with Gasteiger partial charge in [-0.25, -0.2) is 4.79 Å². The van der Waals surface area contributed by atoms with Gasteiger partial charge in [-0.3, -0.25) is 14.5 Å². The number of aromatic nitrogens is 4. The van der Waals surface area contributed by atoms with Crippen LogP contribution in [0.2, 0.25) is 0 Å². The molecule has 0 bridgehead atoms. The highest BCUT2D eigenvalue weighted by molar-refractivity contribution is 7.15. The summed E-state index contributed by atoms with van der Waals surface area (Å²) >= 11 is 1.27. The molecule has 3 heterocycles. The Bertz CT molecular complexity index is 1080. The van der Waals surface area contributed by atoms with E-state index in [2.05, 4.69) is 25.7 Å². The van der Waals surface area contributed by atoms with Crippen LogP contribution in [0.25, 0.3) is 0 Å². The molecule has 1 aromatic carbocycles. The Morgan fingerprint density at radius 2 is 1.77 bits per heavy atom. The van der Waals surface area contributed by atoms with Gasteiger partial charge < -0.3 is 10.1 Å². The largest absolute Gasteiger partial charge is 0.461 e. The molecule has 0 radical (unpaired) electrons. The molecule has 0 atom stereocenters. The summed E-state index contributed by atoms with van der Waals surface area (Å²) in [6, 6.07) is 9.85. The quantitative estimate of drug-likeness (QED) is 0.448. The lowest BCUT2D eigenvalue weighted by molar-refractivity contribution is 0.0517. The first-order chi connectivity index (χ1) is 14.6. The van der Waals surface area contributed by atoms with Crippen molar-refractivity contribution < 1.29 is 19.1 Å². The Balaban J connectivity index is 1.36. The van der Waals surface area contributed by atoms with Crippen LogP contribution in [-0.4, -0.2) is 56.2 Å². The molecule has 4 rings (SSSR count). The molecule has 1 aliphatic rings. The maximum Gasteiger partial charge on any atom is 0.358 e. The minimum atomic E-state index is -0.539. The second kappa shape index (κ2) is 8.33. The third-order valence-electron chi connectivity index (χ3n) is 4.28. The third kappa shape index (κ3) is 3.87. The fourth-order valence-electron chi connectivity index (χ4n) is 2.88. The van der Waals surface area contributed by atoms with Gasteiger partial charge in [0.2, 0.25) is 5.13 Å². The number of hydrogen-bond donors (Lipinski definition) is 1. The third-order valence-corrected chi connectivity index (χ3v) is 5.18. The number of carbonyl (C=O) groups is 3. The average molecular weight is 424 g/mol. The summed E-state index contributed by atoms with van der Waals surface area (Å²) in [6.45, 7) is 2.19. The Labute approximate surface area is 174 Å². The zero-order valence-corrected chi connectivity index (χ0v) is 16.7. The topological polar surface area (TPSA) is 127 Å². The van der Waals surface area contributed by atoms with Crippen LogP contribution in [-0.2, 0) is 11.2 Å². The highest BCUT2D eigenvalue weighted by Gasteiger charge is 2.34. The second-order valence-corrected chi connectivity index (χ2v) is 7.27. The van der Waals surface area contributed by atoms with Crippen LogP contribution in [0.5, 0.6) is 0 Å². The van der Waals surface area contributed by atoms with E-state index in [1.807, 2.05) is 0 Å². The van der Waals surface area contributed by atoms with Gasteiger partial charge in [0.05, 0.1) is 17.7 Å². The highest BCUT2D eigenvalue weighted by Crippen LogP contribution is 2.24. The Hall–Kier alpha value is -3.73. The molecule has 10 nitrogen and oxygen atoms in total. The van der Waals surface area contributed by atoms with Gasteiger partial charge in [-0.1, -0.05) is 23.5 Å². The van der Waals surface area contributed by atoms with Crippen LogP contribution < -0.4 is 5.32 Å². The van der Waals surface area contributed by atoms with Crippen molar-refractivity contribution in [3.8, 4) is 0 Å². The standard InChI is InChI=1S/C19H16N6O4S/c1-2-29-18(28)13-7-8-14(22-21-13)20-19-24-23-15(30-19)9-10-25-16(26)11-5-3-4-6-12(11)17(25)27/h3-8H,2,9-10H2,1H3,(H,20,22,24). The van der Waals surface area contributed by atoms with Gasteiger partial charge in [-0.2, -0.15) is 0 Å². The molecule has 0 aliphatic carbocycles. The van der Waals surface area contributed by atoms with E-state index in [1.54, 1.807) is 37.3 Å². The van der Waals surface area contributed by atoms with Gasteiger partial charge >= 0.3 is 5.97 Å². The Morgan fingerprint density at radius 3 is 2.40 bits per heavy atom. The smallest absolute Gasteiger partial charge is 0.358 e. The van der Waals surface area contributed by atoms with Crippen LogP contribution in [0.4, 0.5) is 10.9 Å². The van der Waals surface area contributed by atoms with Crippen LogP contribution in [0.3, 0.4) is 0 Å². The van der Waals surface area contributed by atoms with Crippen LogP contribution >= 0.6 is 11.3 Å². The highest BCUT2D eigenvalue weighted by atomic mass is 32.1. The number of fused-ring (bicyclic) bond motifs is 1. The number of carbonyl (C=O) groups excluding carboxylic acids is 3. The molecule has 2 amide bonds. The zero-order chi connectivity index (χ0) is 21.1. The molecule has 0 spiro atoms. The summed E-state index contributed by atoms with van der Waals surface area (Å²) in [5.41, 5.74) is 0.959. The van der Waals surface area contributed by atoms with E-state index in [1.165, 1.54) is 22.3 Å². The van der Waals surface area contributed by atoms with E-state index in [0.29, 0.717) is 33.5 Å². The summed E-state index contributed by atoms with van der Waals surface area (Å²) in [7, 11) is 0. The molecule has 3 aromatic rings. The fourth-order valence-corrected chi connectivity index (χ4v) is 3.61. The maximum atomic E-state index is 12.4. The van der Waals surface area contributed by atoms with Gasteiger partial charge in [0.25, 0.3) is 11.8 Å². The fraction of sp³-hybridized carbons (Fsp3) is 0.211. The lowest BCUT2D eigenvalue weighted by atomic mass is 10.1. The second-order valence-electron chi connectivity index (χ2n) is 6.21. The average Bonchev–Trinajstić information content (AvgIpc) is 3.30. The van der Waals surface area contributed by atoms with Crippen molar-refractivity contribution in [3.63, 3.8) is 0 Å². The summed E-state index contributed by atoms with van der Waals surface area (Å²) in [5.74, 6) is -0.736. The van der Waals surface area contributed by atoms with Crippen molar-refractivity contribution in [1.82, 2.24) is 25.3 Å². The SMILES string of the molecule is CCOC(=O)c1ccc(Nc2nnc(CCN3C(=O)c4ccccc4C3=O)s2)nn1. The predicted molar refractivity (Wildman–Crippen MR) is 107 cm³/mol. The Kier molecular flexibility index (Phi) is 5.44. The van der Waals surface area contributed by atoms with Crippen molar-refractivity contribution >= 4 is 40.1 Å². The van der Waals surface area contributed by atoms with Gasteiger partial charge in [0, 0.05) is 13.0 Å². The van der Waals surface area contributed by atoms with Crippen molar-refractivity contribution in [2.24, 2.45) is 0 Å². The predicted octanol–water partition coefficient (Wildman–Crippen LogP) is 2.09. The van der Waals surface area contributed by atoms with E-state index in [-0.39, 0.29) is 30.7 Å². The van der Waals surface area contributed by atoms with Gasteiger partial charge in [-0.15, -0.1) is 20.4 Å². The number of esters is 1. The first-order valence-corrected chi connectivity index (χ1v) is 9.94. The summed E-state index contributed by atoms with van der Waals surface area (Å²) in [6.07, 6.45) is 0.387. The number of nitrogens with zero attached hydrogens (tertiary/aromatic N) is 5. The molecule has 30 heavy (non-hydrogen) atoms. The molecule has 0 unspecified atom stereocenters. The van der Waals surface area contributed by atoms with Crippen molar-refractivity contribution in [3.05, 3.63) is 58.2 Å². The number of ether oxygens (including phenoxy) is 1. The molecule has 0 fully saturated rings. The molecule has 1 N–H and O–H groups in total. The monoisotopic (exact) mass is 424 g/mol. The molecule has 2 aromatic heterocycles. The number of hydrogen-bond acceptors (Lipinski definition) is 10. The van der Waals surface area contributed by atoms with E-state index in [9.17, 15) is 14.4 Å². The summed E-state index contributed by atoms with van der Waals surface area (Å²) < 4.78 is 4.86. The van der Waals surface area contributed by atoms with Crippen LogP contribution in [0, 0.1) is 0 Å². The van der Waals surface area contributed by atoms with Gasteiger partial charge in [-0.05, 0) is 31.2 Å². The lowest BCUT2D eigenvalue weighted by Gasteiger charge is -2.12. The number of nitrogens with one attached hydrogen (secondary N) is 1. The van der Waals surface area contributed by atoms with Gasteiger partial charge in [0.1, 0.15) is 5.01 Å². The minimum absolute atomic E-state index is 0.112. The lowest BCUT2D eigenvalue weighted by Crippen LogP contribution is -2.31. The van der Waals surface area contributed by atoms with Gasteiger partial charge in [0.15, 0.2) is 11.5 Å². The van der Waals surface area contributed by atoms with E-state index in [4.69, 9.17) is 4.74 Å². The summed E-state index contributed by atoms with van der Waals surface area (Å²) in [5, 5.41) is 19.9. The number of benzene rings is 1. The molecular weight excluding hydrogens is 408 g/mol. The molecule has 0 saturated heterocycles. The van der Waals surface area contributed by atoms with E-state index >= 15 is 0 Å². The normalized spacial score (nSPS) is 12.8. The molecular formula is C19H16N6O4S. The van der Waals surface area contributed by atoms with Crippen molar-refractivity contribution in [2.75, 3.05) is 18.5 Å². The zero-order valence-electron chi connectivity index (χ0n) is 15.9.